The number of anilines is 1. The van der Waals surface area contributed by atoms with Crippen LogP contribution in [0.5, 0.6) is 0 Å². The van der Waals surface area contributed by atoms with Gasteiger partial charge in [0.1, 0.15) is 0 Å². The molecule has 1 heterocycles. The van der Waals surface area contributed by atoms with Crippen LogP contribution in [0.15, 0.2) is 24.3 Å². The zero-order valence-electron chi connectivity index (χ0n) is 12.6. The van der Waals surface area contributed by atoms with E-state index < -0.39 is 5.41 Å². The fourth-order valence-electron chi connectivity index (χ4n) is 2.56. The predicted octanol–water partition coefficient (Wildman–Crippen LogP) is 2.33. The summed E-state index contributed by atoms with van der Waals surface area (Å²) in [5.74, 6) is -0.0450. The first-order chi connectivity index (χ1) is 9.40. The van der Waals surface area contributed by atoms with Crippen LogP contribution in [0.4, 0.5) is 5.69 Å². The normalized spacial score (nSPS) is 22.9. The number of imide groups is 1. The number of amides is 2. The van der Waals surface area contributed by atoms with Crippen LogP contribution in [0.2, 0.25) is 0 Å². The Hall–Kier alpha value is -1.68. The van der Waals surface area contributed by atoms with Crippen LogP contribution in [0.25, 0.3) is 0 Å². The van der Waals surface area contributed by atoms with Gasteiger partial charge in [0.05, 0.1) is 11.1 Å². The molecule has 1 aromatic carbocycles. The smallest absolute Gasteiger partial charge is 0.240 e. The second kappa shape index (κ2) is 5.37. The molecule has 108 valence electrons. The summed E-state index contributed by atoms with van der Waals surface area (Å²) in [6, 6.07) is 7.58. The number of hydrogen-bond acceptors (Lipinski definition) is 3. The van der Waals surface area contributed by atoms with Crippen molar-refractivity contribution in [3.63, 3.8) is 0 Å². The molecule has 1 fully saturated rings. The molecule has 2 amide bonds. The summed E-state index contributed by atoms with van der Waals surface area (Å²) in [5, 5.41) is 3.07. The molecule has 0 spiro atoms. The maximum Gasteiger partial charge on any atom is 0.240 e. The number of nitrogens with zero attached hydrogens (tertiary/aromatic N) is 1. The van der Waals surface area contributed by atoms with Gasteiger partial charge >= 0.3 is 0 Å². The van der Waals surface area contributed by atoms with E-state index >= 15 is 0 Å². The standard InChI is InChI=1S/C16H22N2O2/c1-11(2)16(3)9-14(19)18(15(16)20)13-7-5-6-12(8-13)10-17-4/h5-8,11,17H,9-10H2,1-4H3. The molecular formula is C16H22N2O2. The molecular weight excluding hydrogens is 252 g/mol. The average Bonchev–Trinajstić information content (AvgIpc) is 2.62. The molecule has 0 radical (unpaired) electrons. The van der Waals surface area contributed by atoms with Crippen molar-refractivity contribution in [1.29, 1.82) is 0 Å². The Bertz CT molecular complexity index is 539. The van der Waals surface area contributed by atoms with E-state index in [1.54, 1.807) is 0 Å². The van der Waals surface area contributed by atoms with Crippen molar-refractivity contribution in [3.8, 4) is 0 Å². The second-order valence-electron chi connectivity index (χ2n) is 5.98. The van der Waals surface area contributed by atoms with Gasteiger partial charge in [-0.15, -0.1) is 0 Å². The SMILES string of the molecule is CNCc1cccc(N2C(=O)CC(C)(C(C)C)C2=O)c1. The Morgan fingerprint density at radius 2 is 2.05 bits per heavy atom. The lowest BCUT2D eigenvalue weighted by Crippen LogP contribution is -2.36. The molecule has 0 saturated carbocycles. The van der Waals surface area contributed by atoms with Crippen LogP contribution in [-0.4, -0.2) is 18.9 Å². The van der Waals surface area contributed by atoms with Crippen LogP contribution in [-0.2, 0) is 16.1 Å². The highest BCUT2D eigenvalue weighted by Gasteiger charge is 2.50. The summed E-state index contributed by atoms with van der Waals surface area (Å²) >= 11 is 0. The molecule has 20 heavy (non-hydrogen) atoms. The summed E-state index contributed by atoms with van der Waals surface area (Å²) in [4.78, 5) is 26.2. The van der Waals surface area contributed by atoms with Gasteiger partial charge in [-0.25, -0.2) is 0 Å². The third-order valence-corrected chi connectivity index (χ3v) is 4.28. The van der Waals surface area contributed by atoms with Gasteiger partial charge in [0.15, 0.2) is 0 Å². The van der Waals surface area contributed by atoms with E-state index in [-0.39, 0.29) is 17.7 Å². The zero-order chi connectivity index (χ0) is 14.9. The largest absolute Gasteiger partial charge is 0.316 e. The fraction of sp³-hybridized carbons (Fsp3) is 0.500. The molecule has 0 aliphatic carbocycles. The molecule has 4 nitrogen and oxygen atoms in total. The van der Waals surface area contributed by atoms with E-state index in [1.165, 1.54) is 4.90 Å². The Morgan fingerprint density at radius 3 is 2.60 bits per heavy atom. The zero-order valence-corrected chi connectivity index (χ0v) is 12.6. The number of nitrogens with one attached hydrogen (secondary N) is 1. The lowest BCUT2D eigenvalue weighted by atomic mass is 9.78. The number of rotatable bonds is 4. The third kappa shape index (κ3) is 2.36. The van der Waals surface area contributed by atoms with Crippen LogP contribution in [0, 0.1) is 11.3 Å². The van der Waals surface area contributed by atoms with Gasteiger partial charge in [0.2, 0.25) is 11.8 Å². The number of carbonyl (C=O) groups excluding carboxylic acids is 2. The van der Waals surface area contributed by atoms with Crippen molar-refractivity contribution in [2.75, 3.05) is 11.9 Å². The van der Waals surface area contributed by atoms with Gasteiger partial charge < -0.3 is 5.32 Å². The van der Waals surface area contributed by atoms with Crippen molar-refractivity contribution in [3.05, 3.63) is 29.8 Å². The summed E-state index contributed by atoms with van der Waals surface area (Å²) in [6.45, 7) is 6.58. The molecule has 2 rings (SSSR count). The topological polar surface area (TPSA) is 49.4 Å². The van der Waals surface area contributed by atoms with Crippen molar-refractivity contribution in [2.45, 2.75) is 33.7 Å². The minimum Gasteiger partial charge on any atom is -0.316 e. The second-order valence-corrected chi connectivity index (χ2v) is 5.98. The first kappa shape index (κ1) is 14.7. The molecule has 1 aliphatic rings. The minimum absolute atomic E-state index is 0.0842. The number of hydrogen-bond donors (Lipinski definition) is 1. The summed E-state index contributed by atoms with van der Waals surface area (Å²) in [6.07, 6.45) is 0.291. The minimum atomic E-state index is -0.587. The fourth-order valence-corrected chi connectivity index (χ4v) is 2.56. The van der Waals surface area contributed by atoms with E-state index in [9.17, 15) is 9.59 Å². The molecule has 1 N–H and O–H groups in total. The highest BCUT2D eigenvalue weighted by molar-refractivity contribution is 6.22. The quantitative estimate of drug-likeness (QED) is 0.857. The molecule has 0 bridgehead atoms. The van der Waals surface area contributed by atoms with Crippen molar-refractivity contribution in [2.24, 2.45) is 11.3 Å². The van der Waals surface area contributed by atoms with E-state index in [2.05, 4.69) is 5.32 Å². The van der Waals surface area contributed by atoms with Gasteiger partial charge in [0, 0.05) is 13.0 Å². The maximum atomic E-state index is 12.6. The lowest BCUT2D eigenvalue weighted by Gasteiger charge is -2.26. The van der Waals surface area contributed by atoms with Gasteiger partial charge in [0.25, 0.3) is 0 Å². The van der Waals surface area contributed by atoms with Gasteiger partial charge in [-0.1, -0.05) is 26.0 Å². The Kier molecular flexibility index (Phi) is 3.95. The maximum absolute atomic E-state index is 12.6. The Labute approximate surface area is 120 Å². The monoisotopic (exact) mass is 274 g/mol. The number of carbonyl (C=O) groups is 2. The highest BCUT2D eigenvalue weighted by atomic mass is 16.2. The van der Waals surface area contributed by atoms with Crippen LogP contribution in [0.1, 0.15) is 32.8 Å². The third-order valence-electron chi connectivity index (χ3n) is 4.28. The molecule has 4 heteroatoms. The highest BCUT2D eigenvalue weighted by Crippen LogP contribution is 2.41. The predicted molar refractivity (Wildman–Crippen MR) is 79.3 cm³/mol. The summed E-state index contributed by atoms with van der Waals surface area (Å²) in [7, 11) is 1.87. The summed E-state index contributed by atoms with van der Waals surface area (Å²) < 4.78 is 0. The van der Waals surface area contributed by atoms with E-state index in [1.807, 2.05) is 52.1 Å². The molecule has 0 aromatic heterocycles. The van der Waals surface area contributed by atoms with E-state index in [4.69, 9.17) is 0 Å². The van der Waals surface area contributed by atoms with Crippen molar-refractivity contribution < 1.29 is 9.59 Å². The van der Waals surface area contributed by atoms with Crippen molar-refractivity contribution in [1.82, 2.24) is 5.32 Å². The number of benzene rings is 1. The first-order valence-electron chi connectivity index (χ1n) is 7.01. The first-order valence-corrected chi connectivity index (χ1v) is 7.01. The molecule has 1 aromatic rings. The summed E-state index contributed by atoms with van der Waals surface area (Å²) in [5.41, 5.74) is 1.15. The van der Waals surface area contributed by atoms with Gasteiger partial charge in [-0.3, -0.25) is 14.5 Å². The van der Waals surface area contributed by atoms with Crippen LogP contribution < -0.4 is 10.2 Å². The van der Waals surface area contributed by atoms with Gasteiger partial charge in [-0.2, -0.15) is 0 Å². The van der Waals surface area contributed by atoms with Gasteiger partial charge in [-0.05, 0) is 37.6 Å². The van der Waals surface area contributed by atoms with Crippen LogP contribution in [0.3, 0.4) is 0 Å². The average molecular weight is 274 g/mol. The van der Waals surface area contributed by atoms with Crippen LogP contribution >= 0.6 is 0 Å². The van der Waals surface area contributed by atoms with E-state index in [0.717, 1.165) is 5.56 Å². The van der Waals surface area contributed by atoms with E-state index in [0.29, 0.717) is 18.7 Å². The molecule has 1 unspecified atom stereocenters. The Balaban J connectivity index is 2.36. The molecule has 1 atom stereocenters. The molecule has 1 aliphatic heterocycles. The molecule has 1 saturated heterocycles. The van der Waals surface area contributed by atoms with Crippen molar-refractivity contribution >= 4 is 17.5 Å². The lowest BCUT2D eigenvalue weighted by molar-refractivity contribution is -0.126. The Morgan fingerprint density at radius 1 is 1.35 bits per heavy atom.